The van der Waals surface area contributed by atoms with Crippen molar-refractivity contribution in [1.82, 2.24) is 0 Å². The fraction of sp³-hybridized carbons (Fsp3) is 0.143. The van der Waals surface area contributed by atoms with Crippen molar-refractivity contribution in [3.8, 4) is 0 Å². The summed E-state index contributed by atoms with van der Waals surface area (Å²) in [6, 6.07) is 5.55. The first-order valence-corrected chi connectivity index (χ1v) is 6.03. The molecule has 0 aromatic heterocycles. The zero-order valence-electron chi connectivity index (χ0n) is 10.9. The fourth-order valence-corrected chi connectivity index (χ4v) is 1.88. The molecule has 0 aliphatic carbocycles. The van der Waals surface area contributed by atoms with E-state index in [0.717, 1.165) is 30.3 Å². The summed E-state index contributed by atoms with van der Waals surface area (Å²) in [7, 11) is 0. The molecule has 2 rings (SSSR count). The predicted octanol–water partition coefficient (Wildman–Crippen LogP) is 4.19. The van der Waals surface area contributed by atoms with E-state index in [0.29, 0.717) is 5.56 Å². The monoisotopic (exact) mass is 296 g/mol. The molecule has 21 heavy (non-hydrogen) atoms. The van der Waals surface area contributed by atoms with Crippen LogP contribution < -0.4 is 5.32 Å². The van der Waals surface area contributed by atoms with Crippen molar-refractivity contribution < 1.29 is 18.1 Å². The van der Waals surface area contributed by atoms with Gasteiger partial charge in [0.1, 0.15) is 11.6 Å². The Morgan fingerprint density at radius 3 is 2.24 bits per heavy atom. The maximum absolute atomic E-state index is 13.7. The van der Waals surface area contributed by atoms with Crippen LogP contribution in [0.2, 0.25) is 0 Å². The average molecular weight is 296 g/mol. The van der Waals surface area contributed by atoms with Crippen LogP contribution in [0, 0.1) is 27.6 Å². The molecule has 0 bridgehead atoms. The molecule has 0 heterocycles. The van der Waals surface area contributed by atoms with E-state index in [-0.39, 0.29) is 11.4 Å². The number of hydrogen-bond acceptors (Lipinski definition) is 3. The number of hydrogen-bond donors (Lipinski definition) is 1. The molecule has 110 valence electrons. The lowest BCUT2D eigenvalue weighted by Gasteiger charge is -2.16. The van der Waals surface area contributed by atoms with E-state index in [9.17, 15) is 23.3 Å². The van der Waals surface area contributed by atoms with Crippen LogP contribution >= 0.6 is 0 Å². The van der Waals surface area contributed by atoms with Gasteiger partial charge in [0.2, 0.25) is 0 Å². The molecule has 4 nitrogen and oxygen atoms in total. The Balaban J connectivity index is 2.23. The second-order valence-corrected chi connectivity index (χ2v) is 4.49. The molecular formula is C14H11F3N2O2. The van der Waals surface area contributed by atoms with E-state index in [1.54, 1.807) is 6.92 Å². The second kappa shape index (κ2) is 5.82. The summed E-state index contributed by atoms with van der Waals surface area (Å²) in [5.74, 6) is -2.28. The van der Waals surface area contributed by atoms with Crippen molar-refractivity contribution in [3.05, 3.63) is 69.5 Å². The topological polar surface area (TPSA) is 55.2 Å². The summed E-state index contributed by atoms with van der Waals surface area (Å²) in [5.41, 5.74) is -0.0643. The maximum atomic E-state index is 13.7. The third-order valence-electron chi connectivity index (χ3n) is 2.92. The van der Waals surface area contributed by atoms with Gasteiger partial charge in [0, 0.05) is 18.2 Å². The lowest BCUT2D eigenvalue weighted by Crippen LogP contribution is -2.09. The summed E-state index contributed by atoms with van der Waals surface area (Å²) in [6.45, 7) is 1.59. The zero-order valence-corrected chi connectivity index (χ0v) is 10.9. The van der Waals surface area contributed by atoms with Crippen molar-refractivity contribution in [2.45, 2.75) is 13.0 Å². The van der Waals surface area contributed by atoms with Crippen molar-refractivity contribution >= 4 is 11.4 Å². The van der Waals surface area contributed by atoms with Gasteiger partial charge in [-0.15, -0.1) is 0 Å². The third-order valence-corrected chi connectivity index (χ3v) is 2.92. The van der Waals surface area contributed by atoms with Crippen molar-refractivity contribution in [2.75, 3.05) is 5.32 Å². The number of rotatable bonds is 4. The Hall–Kier alpha value is -2.57. The van der Waals surface area contributed by atoms with Crippen LogP contribution in [0.1, 0.15) is 18.5 Å². The van der Waals surface area contributed by atoms with Gasteiger partial charge in [-0.25, -0.2) is 13.2 Å². The van der Waals surface area contributed by atoms with E-state index in [1.807, 2.05) is 0 Å². The molecule has 1 atom stereocenters. The summed E-state index contributed by atoms with van der Waals surface area (Å²) >= 11 is 0. The highest BCUT2D eigenvalue weighted by molar-refractivity contribution is 5.51. The van der Waals surface area contributed by atoms with Crippen molar-refractivity contribution in [1.29, 1.82) is 0 Å². The van der Waals surface area contributed by atoms with Crippen LogP contribution in [-0.2, 0) is 0 Å². The van der Waals surface area contributed by atoms with Crippen LogP contribution in [0.15, 0.2) is 36.4 Å². The summed E-state index contributed by atoms with van der Waals surface area (Å²) in [4.78, 5) is 9.81. The standard InChI is InChI=1S/C14H11F3N2O2/c1-8(9-4-10(15)6-11(16)5-9)18-14-3-2-12(19(20)21)7-13(14)17/h2-8,18H,1H3. The van der Waals surface area contributed by atoms with Crippen LogP contribution in [0.25, 0.3) is 0 Å². The predicted molar refractivity (Wildman–Crippen MR) is 71.5 cm³/mol. The quantitative estimate of drug-likeness (QED) is 0.680. The normalized spacial score (nSPS) is 12.0. The number of anilines is 1. The van der Waals surface area contributed by atoms with Gasteiger partial charge in [0.05, 0.1) is 16.7 Å². The van der Waals surface area contributed by atoms with E-state index < -0.39 is 28.4 Å². The molecular weight excluding hydrogens is 285 g/mol. The third kappa shape index (κ3) is 3.50. The van der Waals surface area contributed by atoms with Crippen LogP contribution in [-0.4, -0.2) is 4.92 Å². The maximum Gasteiger partial charge on any atom is 0.272 e. The first kappa shape index (κ1) is 14.8. The minimum atomic E-state index is -0.812. The minimum absolute atomic E-state index is 0.0118. The van der Waals surface area contributed by atoms with Crippen molar-refractivity contribution in [2.24, 2.45) is 0 Å². The highest BCUT2D eigenvalue weighted by Gasteiger charge is 2.14. The molecule has 0 aliphatic rings. The highest BCUT2D eigenvalue weighted by Crippen LogP contribution is 2.25. The number of non-ortho nitro benzene ring substituents is 1. The van der Waals surface area contributed by atoms with Crippen LogP contribution in [0.3, 0.4) is 0 Å². The summed E-state index contributed by atoms with van der Waals surface area (Å²) in [5, 5.41) is 13.2. The Bertz CT molecular complexity index is 672. The Kier molecular flexibility index (Phi) is 4.11. The number of nitrogens with zero attached hydrogens (tertiary/aromatic N) is 1. The highest BCUT2D eigenvalue weighted by atomic mass is 19.1. The molecule has 0 spiro atoms. The SMILES string of the molecule is CC(Nc1ccc([N+](=O)[O-])cc1F)c1cc(F)cc(F)c1. The molecule has 2 aromatic rings. The van der Waals surface area contributed by atoms with E-state index >= 15 is 0 Å². The number of nitrogens with one attached hydrogen (secondary N) is 1. The van der Waals surface area contributed by atoms with E-state index in [4.69, 9.17) is 0 Å². The van der Waals surface area contributed by atoms with Crippen LogP contribution in [0.5, 0.6) is 0 Å². The molecule has 0 fully saturated rings. The van der Waals surface area contributed by atoms with Gasteiger partial charge >= 0.3 is 0 Å². The molecule has 0 amide bonds. The Morgan fingerprint density at radius 1 is 1.10 bits per heavy atom. The number of halogens is 3. The van der Waals surface area contributed by atoms with Gasteiger partial charge in [-0.3, -0.25) is 10.1 Å². The number of nitro benzene ring substituents is 1. The molecule has 7 heteroatoms. The summed E-state index contributed by atoms with van der Waals surface area (Å²) in [6.07, 6.45) is 0. The minimum Gasteiger partial charge on any atom is -0.376 e. The van der Waals surface area contributed by atoms with Gasteiger partial charge in [-0.2, -0.15) is 0 Å². The zero-order chi connectivity index (χ0) is 15.6. The Morgan fingerprint density at radius 2 is 1.71 bits per heavy atom. The molecule has 0 radical (unpaired) electrons. The Labute approximate surface area is 118 Å². The van der Waals surface area contributed by atoms with E-state index in [1.165, 1.54) is 6.07 Å². The van der Waals surface area contributed by atoms with Crippen molar-refractivity contribution in [3.63, 3.8) is 0 Å². The van der Waals surface area contributed by atoms with Gasteiger partial charge < -0.3 is 5.32 Å². The molecule has 2 aromatic carbocycles. The van der Waals surface area contributed by atoms with Gasteiger partial charge in [-0.05, 0) is 30.7 Å². The number of benzene rings is 2. The van der Waals surface area contributed by atoms with Gasteiger partial charge in [-0.1, -0.05) is 0 Å². The molecule has 1 N–H and O–H groups in total. The smallest absolute Gasteiger partial charge is 0.272 e. The molecule has 1 unspecified atom stereocenters. The fourth-order valence-electron chi connectivity index (χ4n) is 1.88. The van der Waals surface area contributed by atoms with E-state index in [2.05, 4.69) is 5.32 Å². The van der Waals surface area contributed by atoms with Gasteiger partial charge in [0.15, 0.2) is 5.82 Å². The lowest BCUT2D eigenvalue weighted by atomic mass is 10.1. The molecule has 0 saturated heterocycles. The van der Waals surface area contributed by atoms with Gasteiger partial charge in [0.25, 0.3) is 5.69 Å². The largest absolute Gasteiger partial charge is 0.376 e. The first-order valence-electron chi connectivity index (χ1n) is 6.03. The lowest BCUT2D eigenvalue weighted by molar-refractivity contribution is -0.385. The molecule has 0 aliphatic heterocycles. The van der Waals surface area contributed by atoms with Crippen LogP contribution in [0.4, 0.5) is 24.5 Å². The first-order chi connectivity index (χ1) is 9.86. The molecule has 0 saturated carbocycles. The summed E-state index contributed by atoms with van der Waals surface area (Å²) < 4.78 is 40.0. The average Bonchev–Trinajstić information content (AvgIpc) is 2.39. The second-order valence-electron chi connectivity index (χ2n) is 4.49. The number of nitro groups is 1.